The van der Waals surface area contributed by atoms with E-state index in [-0.39, 0.29) is 0 Å². The highest BCUT2D eigenvalue weighted by molar-refractivity contribution is 9.09. The van der Waals surface area contributed by atoms with Crippen LogP contribution < -0.4 is 0 Å². The number of halogens is 1. The second kappa shape index (κ2) is 7.74. The summed E-state index contributed by atoms with van der Waals surface area (Å²) in [5.41, 5.74) is 0. The lowest BCUT2D eigenvalue weighted by molar-refractivity contribution is 0.369. The van der Waals surface area contributed by atoms with E-state index in [0.29, 0.717) is 24.8 Å². The maximum absolute atomic E-state index is 12.3. The SMILES string of the molecule is CCCN(CCBr)S(=O)(=O)CC1CCCCC1. The highest BCUT2D eigenvalue weighted by atomic mass is 79.9. The van der Waals surface area contributed by atoms with Crippen LogP contribution in [0.5, 0.6) is 0 Å². The quantitative estimate of drug-likeness (QED) is 0.675. The fourth-order valence-corrected chi connectivity index (χ4v) is 5.12. The van der Waals surface area contributed by atoms with Gasteiger partial charge in [0, 0.05) is 18.4 Å². The maximum Gasteiger partial charge on any atom is 0.214 e. The van der Waals surface area contributed by atoms with Crippen LogP contribution in [-0.2, 0) is 10.0 Å². The summed E-state index contributed by atoms with van der Waals surface area (Å²) >= 11 is 3.33. The highest BCUT2D eigenvalue weighted by Gasteiger charge is 2.26. The number of rotatable bonds is 7. The van der Waals surface area contributed by atoms with Crippen molar-refractivity contribution in [3.63, 3.8) is 0 Å². The van der Waals surface area contributed by atoms with E-state index in [1.807, 2.05) is 6.92 Å². The van der Waals surface area contributed by atoms with Crippen molar-refractivity contribution in [2.24, 2.45) is 5.92 Å². The van der Waals surface area contributed by atoms with Gasteiger partial charge in [0.1, 0.15) is 0 Å². The first-order valence-corrected chi connectivity index (χ1v) is 9.37. The molecule has 0 unspecified atom stereocenters. The van der Waals surface area contributed by atoms with Crippen molar-refractivity contribution in [1.82, 2.24) is 4.31 Å². The predicted molar refractivity (Wildman–Crippen MR) is 76.0 cm³/mol. The molecule has 1 rings (SSSR count). The Labute approximate surface area is 114 Å². The number of hydrogen-bond acceptors (Lipinski definition) is 2. The Bertz CT molecular complexity index is 294. The molecule has 0 amide bonds. The minimum atomic E-state index is -3.04. The first-order valence-electron chi connectivity index (χ1n) is 6.64. The molecule has 0 heterocycles. The number of hydrogen-bond donors (Lipinski definition) is 0. The van der Waals surface area contributed by atoms with Crippen molar-refractivity contribution in [1.29, 1.82) is 0 Å². The fourth-order valence-electron chi connectivity index (χ4n) is 2.49. The van der Waals surface area contributed by atoms with Crippen LogP contribution in [0.3, 0.4) is 0 Å². The Morgan fingerprint density at radius 2 is 1.82 bits per heavy atom. The normalized spacial score (nSPS) is 18.8. The van der Waals surface area contributed by atoms with Gasteiger partial charge in [-0.25, -0.2) is 12.7 Å². The molecule has 0 N–H and O–H groups in total. The lowest BCUT2D eigenvalue weighted by Crippen LogP contribution is -2.37. The molecule has 0 atom stereocenters. The minimum Gasteiger partial charge on any atom is -0.212 e. The van der Waals surface area contributed by atoms with Crippen molar-refractivity contribution in [2.45, 2.75) is 45.4 Å². The van der Waals surface area contributed by atoms with Crippen LogP contribution in [0.15, 0.2) is 0 Å². The molecular formula is C12H24BrNO2S. The molecule has 0 saturated heterocycles. The third-order valence-corrected chi connectivity index (χ3v) is 5.77. The molecule has 0 aromatic heterocycles. The summed E-state index contributed by atoms with van der Waals surface area (Å²) in [7, 11) is -3.04. The van der Waals surface area contributed by atoms with Crippen LogP contribution >= 0.6 is 15.9 Å². The van der Waals surface area contributed by atoms with Gasteiger partial charge in [-0.1, -0.05) is 42.1 Å². The van der Waals surface area contributed by atoms with Gasteiger partial charge in [0.15, 0.2) is 0 Å². The predicted octanol–water partition coefficient (Wildman–Crippen LogP) is 3.00. The Morgan fingerprint density at radius 1 is 1.18 bits per heavy atom. The lowest BCUT2D eigenvalue weighted by Gasteiger charge is -2.26. The van der Waals surface area contributed by atoms with E-state index in [2.05, 4.69) is 15.9 Å². The van der Waals surface area contributed by atoms with Crippen molar-refractivity contribution in [2.75, 3.05) is 24.2 Å². The zero-order chi connectivity index (χ0) is 12.7. The van der Waals surface area contributed by atoms with Crippen LogP contribution in [0, 0.1) is 5.92 Å². The van der Waals surface area contributed by atoms with E-state index in [1.165, 1.54) is 19.3 Å². The smallest absolute Gasteiger partial charge is 0.212 e. The van der Waals surface area contributed by atoms with Crippen LogP contribution in [0.1, 0.15) is 45.4 Å². The van der Waals surface area contributed by atoms with Crippen molar-refractivity contribution >= 4 is 26.0 Å². The van der Waals surface area contributed by atoms with Crippen LogP contribution in [0.4, 0.5) is 0 Å². The fraction of sp³-hybridized carbons (Fsp3) is 1.00. The Balaban J connectivity index is 2.56. The van der Waals surface area contributed by atoms with E-state index < -0.39 is 10.0 Å². The largest absolute Gasteiger partial charge is 0.214 e. The van der Waals surface area contributed by atoms with Gasteiger partial charge in [-0.05, 0) is 25.2 Å². The van der Waals surface area contributed by atoms with Gasteiger partial charge in [-0.15, -0.1) is 0 Å². The average Bonchev–Trinajstić information content (AvgIpc) is 2.29. The van der Waals surface area contributed by atoms with Gasteiger partial charge in [-0.3, -0.25) is 0 Å². The Kier molecular flexibility index (Phi) is 7.04. The summed E-state index contributed by atoms with van der Waals surface area (Å²) in [4.78, 5) is 0. The van der Waals surface area contributed by atoms with Gasteiger partial charge in [0.2, 0.25) is 10.0 Å². The zero-order valence-electron chi connectivity index (χ0n) is 10.7. The van der Waals surface area contributed by atoms with Crippen molar-refractivity contribution in [3.05, 3.63) is 0 Å². The monoisotopic (exact) mass is 325 g/mol. The standard InChI is InChI=1S/C12H24BrNO2S/c1-2-9-14(10-8-13)17(15,16)11-12-6-4-3-5-7-12/h12H,2-11H2,1H3. The number of nitrogens with zero attached hydrogens (tertiary/aromatic N) is 1. The highest BCUT2D eigenvalue weighted by Crippen LogP contribution is 2.25. The molecule has 1 fully saturated rings. The minimum absolute atomic E-state index is 0.361. The summed E-state index contributed by atoms with van der Waals surface area (Å²) in [5, 5.41) is 0.719. The van der Waals surface area contributed by atoms with Gasteiger partial charge < -0.3 is 0 Å². The van der Waals surface area contributed by atoms with Crippen molar-refractivity contribution < 1.29 is 8.42 Å². The van der Waals surface area contributed by atoms with E-state index >= 15 is 0 Å². The van der Waals surface area contributed by atoms with Gasteiger partial charge in [-0.2, -0.15) is 0 Å². The molecule has 3 nitrogen and oxygen atoms in total. The molecule has 0 bridgehead atoms. The number of alkyl halides is 1. The first kappa shape index (κ1) is 15.4. The van der Waals surface area contributed by atoms with Gasteiger partial charge in [0.25, 0.3) is 0 Å². The molecular weight excluding hydrogens is 302 g/mol. The molecule has 1 aliphatic rings. The molecule has 1 aliphatic carbocycles. The first-order chi connectivity index (χ1) is 8.10. The molecule has 0 aromatic rings. The van der Waals surface area contributed by atoms with E-state index in [9.17, 15) is 8.42 Å². The second-order valence-electron chi connectivity index (χ2n) is 4.87. The molecule has 0 aliphatic heterocycles. The van der Waals surface area contributed by atoms with E-state index in [0.717, 1.165) is 24.6 Å². The molecule has 0 spiro atoms. The summed E-state index contributed by atoms with van der Waals surface area (Å²) < 4.78 is 26.2. The third kappa shape index (κ3) is 5.26. The molecule has 0 aromatic carbocycles. The van der Waals surface area contributed by atoms with Crippen molar-refractivity contribution in [3.8, 4) is 0 Å². The average molecular weight is 326 g/mol. The van der Waals surface area contributed by atoms with Gasteiger partial charge >= 0.3 is 0 Å². The Hall–Kier alpha value is 0.390. The molecule has 1 saturated carbocycles. The summed E-state index contributed by atoms with van der Waals surface area (Å²) in [6, 6.07) is 0. The zero-order valence-corrected chi connectivity index (χ0v) is 13.1. The summed E-state index contributed by atoms with van der Waals surface area (Å²) in [6.07, 6.45) is 6.74. The topological polar surface area (TPSA) is 37.4 Å². The second-order valence-corrected chi connectivity index (χ2v) is 7.68. The van der Waals surface area contributed by atoms with Gasteiger partial charge in [0.05, 0.1) is 5.75 Å². The van der Waals surface area contributed by atoms with E-state index in [4.69, 9.17) is 0 Å². The summed E-state index contributed by atoms with van der Waals surface area (Å²) in [6.45, 7) is 3.28. The maximum atomic E-state index is 12.3. The molecule has 5 heteroatoms. The molecule has 0 radical (unpaired) electrons. The van der Waals surface area contributed by atoms with Crippen LogP contribution in [0.2, 0.25) is 0 Å². The van der Waals surface area contributed by atoms with E-state index in [1.54, 1.807) is 4.31 Å². The molecule has 102 valence electrons. The lowest BCUT2D eigenvalue weighted by atomic mass is 9.91. The number of sulfonamides is 1. The third-order valence-electron chi connectivity index (χ3n) is 3.37. The summed E-state index contributed by atoms with van der Waals surface area (Å²) in [5.74, 6) is 0.753. The van der Waals surface area contributed by atoms with Crippen LogP contribution in [0.25, 0.3) is 0 Å². The molecule has 17 heavy (non-hydrogen) atoms. The Morgan fingerprint density at radius 3 is 2.35 bits per heavy atom. The van der Waals surface area contributed by atoms with Crippen LogP contribution in [-0.4, -0.2) is 36.9 Å².